The van der Waals surface area contributed by atoms with Gasteiger partial charge in [0, 0.05) is 15.2 Å². The van der Waals surface area contributed by atoms with Crippen LogP contribution in [-0.2, 0) is 13.8 Å². The summed E-state index contributed by atoms with van der Waals surface area (Å²) in [6, 6.07) is 5.92. The number of nitrogens with one attached hydrogen (secondary N) is 1. The number of hydrogen-bond acceptors (Lipinski definition) is 5. The third-order valence-electron chi connectivity index (χ3n) is 1.89. The van der Waals surface area contributed by atoms with Crippen molar-refractivity contribution in [2.45, 2.75) is 4.90 Å². The van der Waals surface area contributed by atoms with E-state index in [0.29, 0.717) is 4.47 Å². The molecule has 0 aliphatic carbocycles. The van der Waals surface area contributed by atoms with E-state index < -0.39 is 21.6 Å². The van der Waals surface area contributed by atoms with Crippen LogP contribution in [0.15, 0.2) is 27.6 Å². The fraction of sp³-hybridized carbons (Fsp3) is 0.200. The van der Waals surface area contributed by atoms with Gasteiger partial charge in [-0.05, 0) is 18.2 Å². The summed E-state index contributed by atoms with van der Waals surface area (Å²) in [4.78, 5) is 11.0. The molecule has 1 rings (SSSR count). The van der Waals surface area contributed by atoms with Crippen molar-refractivity contribution < 1.29 is 17.9 Å². The van der Waals surface area contributed by atoms with Crippen LogP contribution in [0.5, 0.6) is 5.75 Å². The number of hydrogen-bond donors (Lipinski definition) is 1. The number of amides is 1. The Hall–Kier alpha value is -1.30. The van der Waals surface area contributed by atoms with Crippen LogP contribution in [0.3, 0.4) is 0 Å². The van der Waals surface area contributed by atoms with Gasteiger partial charge >= 0.3 is 0 Å². The number of benzene rings is 1. The van der Waals surface area contributed by atoms with Crippen molar-refractivity contribution in [2.75, 3.05) is 13.2 Å². The molecule has 0 aromatic heterocycles. The molecule has 0 aliphatic rings. The summed E-state index contributed by atoms with van der Waals surface area (Å²) in [7, 11) is 1.27. The number of nitriles is 1. The zero-order chi connectivity index (χ0) is 14.5. The Morgan fingerprint density at radius 1 is 1.53 bits per heavy atom. The minimum Gasteiger partial charge on any atom is -0.482 e. The monoisotopic (exact) mass is 366 g/mol. The molecule has 0 bridgehead atoms. The van der Waals surface area contributed by atoms with Crippen molar-refractivity contribution in [3.8, 4) is 11.8 Å². The molecule has 0 radical (unpaired) electrons. The van der Waals surface area contributed by atoms with E-state index in [0.717, 1.165) is 0 Å². The van der Waals surface area contributed by atoms with Crippen LogP contribution in [0.4, 0.5) is 0 Å². The standard InChI is InChI=1S/C10H8BrClN2O4S/c11-7-1-2-8(9(5-7)19(12,16)17)18-6-10(15)14-4-3-13/h1-2,5H,4,6H2,(H,14,15). The van der Waals surface area contributed by atoms with E-state index in [2.05, 4.69) is 21.2 Å². The zero-order valence-corrected chi connectivity index (χ0v) is 12.5. The second-order valence-electron chi connectivity index (χ2n) is 3.25. The first-order valence-electron chi connectivity index (χ1n) is 4.85. The van der Waals surface area contributed by atoms with Crippen LogP contribution in [-0.4, -0.2) is 27.5 Å². The summed E-state index contributed by atoms with van der Waals surface area (Å²) in [6.07, 6.45) is 0. The van der Waals surface area contributed by atoms with Crippen molar-refractivity contribution in [2.24, 2.45) is 0 Å². The molecule has 0 aliphatic heterocycles. The van der Waals surface area contributed by atoms with Gasteiger partial charge in [0.2, 0.25) is 0 Å². The SMILES string of the molecule is N#CCNC(=O)COc1ccc(Br)cc1S(=O)(=O)Cl. The van der Waals surface area contributed by atoms with E-state index in [1.165, 1.54) is 12.1 Å². The minimum atomic E-state index is -3.99. The Balaban J connectivity index is 2.85. The van der Waals surface area contributed by atoms with Gasteiger partial charge in [-0.1, -0.05) is 15.9 Å². The molecule has 0 saturated carbocycles. The maximum absolute atomic E-state index is 11.3. The molecule has 0 saturated heterocycles. The molecule has 0 fully saturated rings. The summed E-state index contributed by atoms with van der Waals surface area (Å²) in [5.74, 6) is -0.576. The summed E-state index contributed by atoms with van der Waals surface area (Å²) >= 11 is 3.11. The normalized spacial score (nSPS) is 10.6. The van der Waals surface area contributed by atoms with Gasteiger partial charge in [0.15, 0.2) is 6.61 Å². The lowest BCUT2D eigenvalue weighted by Crippen LogP contribution is -2.29. The molecule has 0 heterocycles. The summed E-state index contributed by atoms with van der Waals surface area (Å²) in [5, 5.41) is 10.5. The molecule has 6 nitrogen and oxygen atoms in total. The van der Waals surface area contributed by atoms with Crippen LogP contribution < -0.4 is 10.1 Å². The first-order chi connectivity index (χ1) is 8.84. The predicted molar refractivity (Wildman–Crippen MR) is 71.3 cm³/mol. The number of nitrogens with zero attached hydrogens (tertiary/aromatic N) is 1. The quantitative estimate of drug-likeness (QED) is 0.627. The molecular formula is C10H8BrClN2O4S. The van der Waals surface area contributed by atoms with Gasteiger partial charge in [-0.25, -0.2) is 8.42 Å². The van der Waals surface area contributed by atoms with E-state index in [-0.39, 0.29) is 17.2 Å². The van der Waals surface area contributed by atoms with Crippen molar-refractivity contribution in [1.82, 2.24) is 5.32 Å². The van der Waals surface area contributed by atoms with Gasteiger partial charge in [-0.2, -0.15) is 5.26 Å². The average molecular weight is 368 g/mol. The van der Waals surface area contributed by atoms with Crippen LogP contribution in [0.2, 0.25) is 0 Å². The van der Waals surface area contributed by atoms with Gasteiger partial charge < -0.3 is 10.1 Å². The Labute approximate surface area is 122 Å². The molecule has 1 aromatic rings. The number of halogens is 2. The molecule has 0 atom stereocenters. The molecule has 0 spiro atoms. The smallest absolute Gasteiger partial charge is 0.265 e. The van der Waals surface area contributed by atoms with Gasteiger partial charge in [0.05, 0.1) is 6.07 Å². The van der Waals surface area contributed by atoms with E-state index in [9.17, 15) is 13.2 Å². The molecule has 1 amide bonds. The van der Waals surface area contributed by atoms with Crippen molar-refractivity contribution in [3.63, 3.8) is 0 Å². The van der Waals surface area contributed by atoms with Crippen molar-refractivity contribution in [1.29, 1.82) is 5.26 Å². The topological polar surface area (TPSA) is 96.3 Å². The molecule has 102 valence electrons. The molecule has 1 N–H and O–H groups in total. The van der Waals surface area contributed by atoms with E-state index in [4.69, 9.17) is 20.7 Å². The maximum atomic E-state index is 11.3. The second-order valence-corrected chi connectivity index (χ2v) is 6.70. The lowest BCUT2D eigenvalue weighted by molar-refractivity contribution is -0.122. The molecule has 19 heavy (non-hydrogen) atoms. The Kier molecular flexibility index (Phi) is 5.60. The summed E-state index contributed by atoms with van der Waals surface area (Å²) < 4.78 is 28.3. The number of ether oxygens (including phenoxy) is 1. The third-order valence-corrected chi connectivity index (χ3v) is 3.73. The predicted octanol–water partition coefficient (Wildman–Crippen LogP) is 1.40. The van der Waals surface area contributed by atoms with Gasteiger partial charge in [-0.15, -0.1) is 0 Å². The fourth-order valence-electron chi connectivity index (χ4n) is 1.12. The highest BCUT2D eigenvalue weighted by atomic mass is 79.9. The Morgan fingerprint density at radius 2 is 2.21 bits per heavy atom. The van der Waals surface area contributed by atoms with Crippen LogP contribution >= 0.6 is 26.6 Å². The largest absolute Gasteiger partial charge is 0.482 e. The van der Waals surface area contributed by atoms with Crippen LogP contribution in [0.25, 0.3) is 0 Å². The van der Waals surface area contributed by atoms with Crippen LogP contribution in [0.1, 0.15) is 0 Å². The lowest BCUT2D eigenvalue weighted by atomic mass is 10.3. The number of rotatable bonds is 5. The Morgan fingerprint density at radius 3 is 2.79 bits per heavy atom. The molecular weight excluding hydrogens is 360 g/mol. The summed E-state index contributed by atoms with van der Waals surface area (Å²) in [6.45, 7) is -0.564. The lowest BCUT2D eigenvalue weighted by Gasteiger charge is -2.09. The molecule has 1 aromatic carbocycles. The zero-order valence-electron chi connectivity index (χ0n) is 9.39. The first kappa shape index (κ1) is 15.8. The van der Waals surface area contributed by atoms with Gasteiger partial charge in [-0.3, -0.25) is 4.79 Å². The molecule has 9 heteroatoms. The Bertz CT molecular complexity index is 627. The van der Waals surface area contributed by atoms with Crippen molar-refractivity contribution in [3.05, 3.63) is 22.7 Å². The number of carbonyl (C=O) groups excluding carboxylic acids is 1. The summed E-state index contributed by atoms with van der Waals surface area (Å²) in [5.41, 5.74) is 0. The average Bonchev–Trinajstić information content (AvgIpc) is 2.33. The first-order valence-corrected chi connectivity index (χ1v) is 7.95. The van der Waals surface area contributed by atoms with Crippen molar-refractivity contribution >= 4 is 41.6 Å². The minimum absolute atomic E-state index is 0.0368. The van der Waals surface area contributed by atoms with Gasteiger partial charge in [0.1, 0.15) is 17.2 Å². The highest BCUT2D eigenvalue weighted by molar-refractivity contribution is 9.10. The highest BCUT2D eigenvalue weighted by Crippen LogP contribution is 2.29. The fourth-order valence-corrected chi connectivity index (χ4v) is 2.63. The molecule has 0 unspecified atom stereocenters. The van der Waals surface area contributed by atoms with Crippen LogP contribution in [0, 0.1) is 11.3 Å². The third kappa shape index (κ3) is 5.06. The highest BCUT2D eigenvalue weighted by Gasteiger charge is 2.18. The van der Waals surface area contributed by atoms with E-state index in [1.807, 2.05) is 0 Å². The number of carbonyl (C=O) groups is 1. The van der Waals surface area contributed by atoms with E-state index in [1.54, 1.807) is 12.1 Å². The maximum Gasteiger partial charge on any atom is 0.265 e. The second kappa shape index (κ2) is 6.75. The van der Waals surface area contributed by atoms with Gasteiger partial charge in [0.25, 0.3) is 15.0 Å². The van der Waals surface area contributed by atoms with E-state index >= 15 is 0 Å².